The number of anilines is 1. The predicted molar refractivity (Wildman–Crippen MR) is 96.4 cm³/mol. The van der Waals surface area contributed by atoms with Crippen molar-refractivity contribution in [3.63, 3.8) is 0 Å². The lowest BCUT2D eigenvalue weighted by molar-refractivity contribution is -0.135. The van der Waals surface area contributed by atoms with Gasteiger partial charge in [0.15, 0.2) is 5.13 Å². The molecule has 1 aromatic heterocycles. The molecule has 2 atom stereocenters. The fourth-order valence-electron chi connectivity index (χ4n) is 3.08. The number of nitriles is 1. The molecule has 2 heterocycles. The summed E-state index contributed by atoms with van der Waals surface area (Å²) in [5, 5.41) is 32.0. The molecule has 8 heteroatoms. The predicted octanol–water partition coefficient (Wildman–Crippen LogP) is 2.49. The first-order valence-corrected chi connectivity index (χ1v) is 8.92. The topological polar surface area (TPSA) is 107 Å². The number of carboxylic acids is 1. The number of aliphatic hydroxyl groups excluding tert-OH is 1. The minimum Gasteiger partial charge on any atom is -0.485 e. The zero-order valence-electron chi connectivity index (χ0n) is 14.6. The number of hydrogen-bond donors (Lipinski definition) is 2. The number of aliphatic hydroxyl groups is 1. The smallest absolute Gasteiger partial charge is 0.323 e. The van der Waals surface area contributed by atoms with Crippen molar-refractivity contribution in [1.82, 2.24) is 4.98 Å². The maximum absolute atomic E-state index is 11.5. The lowest BCUT2D eigenvalue weighted by Gasteiger charge is -2.46. The van der Waals surface area contributed by atoms with Crippen LogP contribution in [-0.4, -0.2) is 39.4 Å². The number of aromatic nitrogens is 1. The van der Waals surface area contributed by atoms with E-state index in [2.05, 4.69) is 11.1 Å². The first kappa shape index (κ1) is 18.2. The molecule has 2 aromatic rings. The van der Waals surface area contributed by atoms with Crippen molar-refractivity contribution >= 4 is 22.4 Å². The van der Waals surface area contributed by atoms with Gasteiger partial charge in [-0.25, -0.2) is 4.98 Å². The molecule has 0 saturated heterocycles. The highest BCUT2D eigenvalue weighted by atomic mass is 32.1. The summed E-state index contributed by atoms with van der Waals surface area (Å²) in [7, 11) is 0. The van der Waals surface area contributed by atoms with Crippen molar-refractivity contribution in [1.29, 1.82) is 5.26 Å². The highest BCUT2D eigenvalue weighted by Gasteiger charge is 2.46. The van der Waals surface area contributed by atoms with E-state index in [0.29, 0.717) is 22.0 Å². The number of nitrogens with zero attached hydrogens (tertiary/aromatic N) is 3. The number of ether oxygens (including phenoxy) is 1. The Morgan fingerprint density at radius 1 is 1.50 bits per heavy atom. The molecule has 0 amide bonds. The molecule has 2 N–H and O–H groups in total. The third kappa shape index (κ3) is 3.23. The third-order valence-electron chi connectivity index (χ3n) is 4.34. The highest BCUT2D eigenvalue weighted by Crippen LogP contribution is 2.45. The number of fused-ring (bicyclic) bond motifs is 1. The van der Waals surface area contributed by atoms with E-state index in [9.17, 15) is 20.3 Å². The SMILES string of the molecule is Cc1csc(N(CC(=O)O)C2c3cc(C#N)ccc3OC(C)(C)C2O)n1. The van der Waals surface area contributed by atoms with Crippen LogP contribution in [0.5, 0.6) is 5.75 Å². The van der Waals surface area contributed by atoms with E-state index in [-0.39, 0.29) is 6.54 Å². The molecule has 26 heavy (non-hydrogen) atoms. The van der Waals surface area contributed by atoms with Gasteiger partial charge >= 0.3 is 5.97 Å². The summed E-state index contributed by atoms with van der Waals surface area (Å²) in [6, 6.07) is 6.32. The lowest BCUT2D eigenvalue weighted by atomic mass is 9.85. The molecule has 2 unspecified atom stereocenters. The van der Waals surface area contributed by atoms with Crippen LogP contribution in [-0.2, 0) is 4.79 Å². The first-order chi connectivity index (χ1) is 12.2. The molecule has 1 aliphatic rings. The maximum atomic E-state index is 11.5. The van der Waals surface area contributed by atoms with E-state index in [0.717, 1.165) is 5.69 Å². The summed E-state index contributed by atoms with van der Waals surface area (Å²) in [4.78, 5) is 17.5. The Hall–Kier alpha value is -2.63. The van der Waals surface area contributed by atoms with Gasteiger partial charge in [0.1, 0.15) is 24.0 Å². The van der Waals surface area contributed by atoms with Crippen molar-refractivity contribution in [3.05, 3.63) is 40.4 Å². The van der Waals surface area contributed by atoms with Gasteiger partial charge in [-0.3, -0.25) is 4.79 Å². The molecule has 3 rings (SSSR count). The van der Waals surface area contributed by atoms with Gasteiger partial charge in [-0.2, -0.15) is 5.26 Å². The zero-order valence-corrected chi connectivity index (χ0v) is 15.4. The first-order valence-electron chi connectivity index (χ1n) is 8.04. The molecule has 1 aromatic carbocycles. The van der Waals surface area contributed by atoms with E-state index in [1.807, 2.05) is 12.3 Å². The Bertz CT molecular complexity index is 887. The van der Waals surface area contributed by atoms with E-state index < -0.39 is 23.7 Å². The number of benzene rings is 1. The van der Waals surface area contributed by atoms with Crippen LogP contribution in [0.15, 0.2) is 23.6 Å². The van der Waals surface area contributed by atoms with Crippen LogP contribution in [0.1, 0.15) is 36.7 Å². The molecule has 0 spiro atoms. The van der Waals surface area contributed by atoms with Crippen molar-refractivity contribution in [2.75, 3.05) is 11.4 Å². The second kappa shape index (κ2) is 6.59. The average Bonchev–Trinajstić information content (AvgIpc) is 3.00. The Morgan fingerprint density at radius 2 is 2.23 bits per heavy atom. The van der Waals surface area contributed by atoms with Gasteiger partial charge in [0.05, 0.1) is 23.4 Å². The number of carbonyl (C=O) groups is 1. The number of rotatable bonds is 4. The van der Waals surface area contributed by atoms with Gasteiger partial charge in [-0.05, 0) is 39.0 Å². The monoisotopic (exact) mass is 373 g/mol. The summed E-state index contributed by atoms with van der Waals surface area (Å²) in [5.74, 6) is -0.514. The maximum Gasteiger partial charge on any atom is 0.323 e. The second-order valence-electron chi connectivity index (χ2n) is 6.75. The van der Waals surface area contributed by atoms with Gasteiger partial charge in [0, 0.05) is 10.9 Å². The van der Waals surface area contributed by atoms with Crippen LogP contribution in [0.2, 0.25) is 0 Å². The Morgan fingerprint density at radius 3 is 2.81 bits per heavy atom. The molecule has 1 aliphatic heterocycles. The van der Waals surface area contributed by atoms with E-state index >= 15 is 0 Å². The van der Waals surface area contributed by atoms with Crippen molar-refractivity contribution in [3.8, 4) is 11.8 Å². The lowest BCUT2D eigenvalue weighted by Crippen LogP contribution is -2.54. The number of aryl methyl sites for hydroxylation is 1. The molecule has 0 radical (unpaired) electrons. The molecular weight excluding hydrogens is 354 g/mol. The standard InChI is InChI=1S/C18H19N3O4S/c1-10-9-26-17(20-10)21(8-14(22)23)15-12-6-11(7-19)4-5-13(12)25-18(2,3)16(15)24/h4-6,9,15-16,24H,8H2,1-3H3,(H,22,23). The molecule has 0 fully saturated rings. The van der Waals surface area contributed by atoms with Crippen molar-refractivity contribution in [2.45, 2.75) is 38.5 Å². The molecule has 0 saturated carbocycles. The number of thiazole rings is 1. The van der Waals surface area contributed by atoms with Gasteiger partial charge in [-0.15, -0.1) is 11.3 Å². The van der Waals surface area contributed by atoms with Crippen LogP contribution in [0.3, 0.4) is 0 Å². The average molecular weight is 373 g/mol. The van der Waals surface area contributed by atoms with E-state index in [1.54, 1.807) is 36.9 Å². The Balaban J connectivity index is 2.18. The van der Waals surface area contributed by atoms with Crippen molar-refractivity contribution < 1.29 is 19.7 Å². The minimum absolute atomic E-state index is 0.332. The second-order valence-corrected chi connectivity index (χ2v) is 7.59. The van der Waals surface area contributed by atoms with Crippen LogP contribution >= 0.6 is 11.3 Å². The van der Waals surface area contributed by atoms with Crippen LogP contribution in [0.4, 0.5) is 5.13 Å². The normalized spacial score (nSPS) is 20.6. The minimum atomic E-state index is -1.03. The Kier molecular flexibility index (Phi) is 4.61. The van der Waals surface area contributed by atoms with E-state index in [1.165, 1.54) is 11.3 Å². The Labute approximate surface area is 155 Å². The van der Waals surface area contributed by atoms with E-state index in [4.69, 9.17) is 4.74 Å². The number of carboxylic acid groups (broad SMARTS) is 1. The van der Waals surface area contributed by atoms with Crippen LogP contribution in [0, 0.1) is 18.3 Å². The van der Waals surface area contributed by atoms with Crippen molar-refractivity contribution in [2.24, 2.45) is 0 Å². The summed E-state index contributed by atoms with van der Waals surface area (Å²) >= 11 is 1.31. The summed E-state index contributed by atoms with van der Waals surface area (Å²) in [6.45, 7) is 4.99. The summed E-state index contributed by atoms with van der Waals surface area (Å²) < 4.78 is 5.91. The number of hydrogen-bond acceptors (Lipinski definition) is 7. The van der Waals surface area contributed by atoms with Gasteiger partial charge in [0.2, 0.25) is 0 Å². The largest absolute Gasteiger partial charge is 0.485 e. The zero-order chi connectivity index (χ0) is 19.1. The van der Waals surface area contributed by atoms with Gasteiger partial charge in [0.25, 0.3) is 0 Å². The fraction of sp³-hybridized carbons (Fsp3) is 0.389. The molecule has 7 nitrogen and oxygen atoms in total. The van der Waals surface area contributed by atoms with Crippen LogP contribution < -0.4 is 9.64 Å². The summed E-state index contributed by atoms with van der Waals surface area (Å²) in [6.07, 6.45) is -1.02. The van der Waals surface area contributed by atoms with Gasteiger partial charge in [-0.1, -0.05) is 0 Å². The molecule has 136 valence electrons. The highest BCUT2D eigenvalue weighted by molar-refractivity contribution is 7.13. The van der Waals surface area contributed by atoms with Gasteiger partial charge < -0.3 is 19.8 Å². The fourth-order valence-corrected chi connectivity index (χ4v) is 3.92. The molecule has 0 bridgehead atoms. The molecular formula is C18H19N3O4S. The summed E-state index contributed by atoms with van der Waals surface area (Å²) in [5.41, 5.74) is 0.821. The number of aliphatic carboxylic acids is 1. The van der Waals surface area contributed by atoms with Crippen LogP contribution in [0.25, 0.3) is 0 Å². The third-order valence-corrected chi connectivity index (χ3v) is 5.33. The quantitative estimate of drug-likeness (QED) is 0.848. The molecule has 0 aliphatic carbocycles.